The summed E-state index contributed by atoms with van der Waals surface area (Å²) in [7, 11) is 1.58. The summed E-state index contributed by atoms with van der Waals surface area (Å²) in [5, 5.41) is 12.1. The van der Waals surface area contributed by atoms with Crippen LogP contribution in [0.3, 0.4) is 0 Å². The van der Waals surface area contributed by atoms with Crippen LogP contribution >= 0.6 is 0 Å². The van der Waals surface area contributed by atoms with Crippen molar-refractivity contribution in [1.29, 1.82) is 0 Å². The zero-order valence-corrected chi connectivity index (χ0v) is 16.8. The van der Waals surface area contributed by atoms with E-state index in [-0.39, 0.29) is 18.3 Å². The molecule has 6 nitrogen and oxygen atoms in total. The molecule has 1 aromatic rings. The summed E-state index contributed by atoms with van der Waals surface area (Å²) in [5.41, 5.74) is -1.38. The van der Waals surface area contributed by atoms with E-state index in [0.717, 1.165) is 12.1 Å². The summed E-state index contributed by atoms with van der Waals surface area (Å²) >= 11 is -1.57. The van der Waals surface area contributed by atoms with Gasteiger partial charge in [-0.3, -0.25) is 0 Å². The van der Waals surface area contributed by atoms with Gasteiger partial charge in [0, 0.05) is 0 Å². The van der Waals surface area contributed by atoms with Crippen LogP contribution in [0.25, 0.3) is 0 Å². The van der Waals surface area contributed by atoms with Crippen molar-refractivity contribution < 1.29 is 27.8 Å². The Hall–Kier alpha value is -1.39. The van der Waals surface area contributed by atoms with Gasteiger partial charge in [-0.15, -0.1) is 0 Å². The SMILES string of the molecule is COCCC(CO)[N]1C=C[C](NC(=O)c2cccc(C(F)(F)F)n2)=[In]1. The van der Waals surface area contributed by atoms with E-state index in [1.54, 1.807) is 19.4 Å². The molecule has 1 aliphatic heterocycles. The van der Waals surface area contributed by atoms with E-state index in [0.29, 0.717) is 16.4 Å². The molecule has 2 N–H and O–H groups in total. The van der Waals surface area contributed by atoms with Crippen LogP contribution in [0.15, 0.2) is 30.5 Å². The molecule has 2 heterocycles. The van der Waals surface area contributed by atoms with Gasteiger partial charge in [-0.25, -0.2) is 0 Å². The second kappa shape index (κ2) is 8.81. The van der Waals surface area contributed by atoms with Crippen molar-refractivity contribution in [2.45, 2.75) is 18.6 Å². The number of hydrogen-bond acceptors (Lipinski definition) is 5. The Labute approximate surface area is 153 Å². The second-order valence-corrected chi connectivity index (χ2v) is 9.54. The van der Waals surface area contributed by atoms with Gasteiger partial charge in [-0.1, -0.05) is 0 Å². The van der Waals surface area contributed by atoms with Gasteiger partial charge in [0.05, 0.1) is 0 Å². The number of pyridine rings is 1. The molecular formula is C15H17F3InN3O3. The van der Waals surface area contributed by atoms with Gasteiger partial charge in [-0.05, 0) is 0 Å². The maximum atomic E-state index is 12.7. The van der Waals surface area contributed by atoms with Gasteiger partial charge < -0.3 is 0 Å². The van der Waals surface area contributed by atoms with E-state index < -0.39 is 40.5 Å². The number of amides is 1. The first kappa shape index (κ1) is 19.9. The second-order valence-electron chi connectivity index (χ2n) is 5.33. The summed E-state index contributed by atoms with van der Waals surface area (Å²) < 4.78 is 45.8. The molecule has 0 fully saturated rings. The Kier molecular flexibility index (Phi) is 7.03. The Morgan fingerprint density at radius 3 is 2.88 bits per heavy atom. The minimum atomic E-state index is -4.60. The molecule has 10 heteroatoms. The first-order valence-electron chi connectivity index (χ1n) is 7.48. The first-order chi connectivity index (χ1) is 11.8. The molecular weight excluding hydrogens is 442 g/mol. The van der Waals surface area contributed by atoms with Gasteiger partial charge in [0.15, 0.2) is 0 Å². The molecule has 0 aromatic carbocycles. The Morgan fingerprint density at radius 2 is 2.24 bits per heavy atom. The fraction of sp³-hybridized carbons (Fsp3) is 0.400. The van der Waals surface area contributed by atoms with E-state index in [9.17, 15) is 23.1 Å². The van der Waals surface area contributed by atoms with E-state index in [4.69, 9.17) is 4.74 Å². The molecule has 0 bridgehead atoms. The number of aliphatic hydroxyl groups excluding tert-OH is 1. The number of halogens is 3. The number of methoxy groups -OCH3 is 1. The van der Waals surface area contributed by atoms with Gasteiger partial charge in [0.2, 0.25) is 0 Å². The normalized spacial score (nSPS) is 14.9. The molecule has 1 unspecified atom stereocenters. The molecule has 2 rings (SSSR count). The molecule has 0 aliphatic carbocycles. The fourth-order valence-corrected chi connectivity index (χ4v) is 5.97. The summed E-state index contributed by atoms with van der Waals surface area (Å²) in [4.78, 5) is 15.5. The van der Waals surface area contributed by atoms with Crippen molar-refractivity contribution in [3.63, 3.8) is 0 Å². The van der Waals surface area contributed by atoms with Crippen LogP contribution in [-0.4, -0.2) is 71.3 Å². The van der Waals surface area contributed by atoms with Crippen molar-refractivity contribution in [2.24, 2.45) is 0 Å². The predicted octanol–water partition coefficient (Wildman–Crippen LogP) is 0.806. The number of aromatic nitrogens is 1. The Bertz CT molecular complexity index is 679. The number of alkyl halides is 3. The summed E-state index contributed by atoms with van der Waals surface area (Å²) in [5.74, 6) is -0.670. The minimum absolute atomic E-state index is 0.0318. The molecule has 0 saturated carbocycles. The van der Waals surface area contributed by atoms with Crippen LogP contribution in [-0.2, 0) is 10.9 Å². The first-order valence-corrected chi connectivity index (χ1v) is 10.6. The topological polar surface area (TPSA) is 74.7 Å². The molecule has 0 radical (unpaired) electrons. The van der Waals surface area contributed by atoms with Crippen LogP contribution < -0.4 is 5.32 Å². The van der Waals surface area contributed by atoms with E-state index in [1.165, 1.54) is 6.07 Å². The van der Waals surface area contributed by atoms with Crippen molar-refractivity contribution >= 4 is 32.0 Å². The van der Waals surface area contributed by atoms with Gasteiger partial charge in [-0.2, -0.15) is 0 Å². The van der Waals surface area contributed by atoms with Crippen LogP contribution in [0.5, 0.6) is 0 Å². The fourth-order valence-electron chi connectivity index (χ4n) is 2.22. The zero-order valence-electron chi connectivity index (χ0n) is 13.5. The number of nitrogens with zero attached hydrogens (tertiary/aromatic N) is 2. The quantitative estimate of drug-likeness (QED) is 0.632. The summed E-state index contributed by atoms with van der Waals surface area (Å²) in [6.07, 6.45) is -0.421. The third-order valence-corrected chi connectivity index (χ3v) is 7.83. The summed E-state index contributed by atoms with van der Waals surface area (Å²) in [6.45, 7) is 0.476. The molecule has 1 aromatic heterocycles. The van der Waals surface area contributed by atoms with Crippen molar-refractivity contribution in [2.75, 3.05) is 20.3 Å². The Balaban J connectivity index is 2.04. The number of carbonyl (C=O) groups excluding carboxylic acids is 1. The van der Waals surface area contributed by atoms with E-state index in [1.807, 2.05) is 2.89 Å². The number of aliphatic hydroxyl groups is 1. The predicted molar refractivity (Wildman–Crippen MR) is 85.8 cm³/mol. The van der Waals surface area contributed by atoms with E-state index >= 15 is 0 Å². The van der Waals surface area contributed by atoms with Crippen LogP contribution in [0.1, 0.15) is 22.6 Å². The van der Waals surface area contributed by atoms with E-state index in [2.05, 4.69) is 10.3 Å². The molecule has 0 saturated heterocycles. The number of ether oxygens (including phenoxy) is 1. The van der Waals surface area contributed by atoms with Crippen LogP contribution in [0.4, 0.5) is 13.2 Å². The third kappa shape index (κ3) is 5.55. The summed E-state index contributed by atoms with van der Waals surface area (Å²) in [6, 6.07) is 3.13. The average molecular weight is 459 g/mol. The molecule has 0 spiro atoms. The van der Waals surface area contributed by atoms with Gasteiger partial charge in [0.25, 0.3) is 0 Å². The number of carbonyl (C=O) groups is 1. The molecule has 25 heavy (non-hydrogen) atoms. The molecule has 1 atom stereocenters. The van der Waals surface area contributed by atoms with Crippen molar-refractivity contribution in [3.8, 4) is 0 Å². The number of rotatable bonds is 7. The monoisotopic (exact) mass is 459 g/mol. The standard InChI is InChI=1S/C15H17F3N3O3.In/c1-24-9-6-11(10-22)19-7-3-8-20-14(23)12-4-2-5-13(21-12)15(16,17)18;/h2-5,7,11,22H,6,9-10H2,1H3,(H,20,23);/q-1;+1. The maximum absolute atomic E-state index is 12.7. The Morgan fingerprint density at radius 1 is 1.48 bits per heavy atom. The van der Waals surface area contributed by atoms with Crippen molar-refractivity contribution in [1.82, 2.24) is 13.2 Å². The average Bonchev–Trinajstić information content (AvgIpc) is 3.03. The third-order valence-electron chi connectivity index (χ3n) is 3.53. The zero-order chi connectivity index (χ0) is 18.4. The van der Waals surface area contributed by atoms with Crippen LogP contribution in [0, 0.1) is 0 Å². The van der Waals surface area contributed by atoms with Gasteiger partial charge >= 0.3 is 154 Å². The number of nitrogens with one attached hydrogen (secondary N) is 1. The molecule has 134 valence electrons. The van der Waals surface area contributed by atoms with Gasteiger partial charge in [0.1, 0.15) is 0 Å². The van der Waals surface area contributed by atoms with Crippen LogP contribution in [0.2, 0.25) is 0 Å². The number of hydrogen-bond donors (Lipinski definition) is 2. The molecule has 1 aliphatic rings. The molecule has 1 amide bonds. The van der Waals surface area contributed by atoms with Crippen molar-refractivity contribution in [3.05, 3.63) is 41.9 Å².